The van der Waals surface area contributed by atoms with E-state index in [1.54, 1.807) is 0 Å². The van der Waals surface area contributed by atoms with Crippen molar-refractivity contribution in [1.82, 2.24) is 20.3 Å². The third-order valence-electron chi connectivity index (χ3n) is 10.1. The fourth-order valence-corrected chi connectivity index (χ4v) is 7.02. The van der Waals surface area contributed by atoms with Gasteiger partial charge >= 0.3 is 0 Å². The maximum absolute atomic E-state index is 5.13. The molecule has 0 saturated carbocycles. The quantitative estimate of drug-likeness (QED) is 0.113. The Balaban J connectivity index is 1.22. The molecule has 0 bridgehead atoms. The SMILES string of the molecule is CCC(=Nc1ccccc1C)c1ccccc1C=C(C)c1cccc(-c2cc(C3=CC=CNC3)cc(-c3nc(-c4ccccc4)nc(-c4ccccc4)n3)c2)c1. The number of aryl methyl sites for hydroxylation is 1. The highest BCUT2D eigenvalue weighted by Crippen LogP contribution is 2.34. The lowest BCUT2D eigenvalue weighted by Gasteiger charge is -2.16. The van der Waals surface area contributed by atoms with Crippen LogP contribution in [0.3, 0.4) is 0 Å². The number of aromatic nitrogens is 3. The second-order valence-corrected chi connectivity index (χ2v) is 14.0. The minimum absolute atomic E-state index is 0.628. The molecule has 0 unspecified atom stereocenters. The molecule has 1 aromatic heterocycles. The zero-order valence-electron chi connectivity index (χ0n) is 31.9. The zero-order chi connectivity index (χ0) is 38.3. The Morgan fingerprint density at radius 1 is 0.625 bits per heavy atom. The molecule has 0 aliphatic carbocycles. The molecule has 2 heterocycles. The molecule has 1 aliphatic heterocycles. The Morgan fingerprint density at radius 3 is 1.91 bits per heavy atom. The number of hydrogen-bond acceptors (Lipinski definition) is 5. The Hall–Kier alpha value is -6.98. The first-order valence-electron chi connectivity index (χ1n) is 19.2. The molecule has 5 nitrogen and oxygen atoms in total. The van der Waals surface area contributed by atoms with Crippen LogP contribution in [0.5, 0.6) is 0 Å². The van der Waals surface area contributed by atoms with Crippen molar-refractivity contribution in [2.24, 2.45) is 4.99 Å². The Bertz CT molecular complexity index is 2580. The molecule has 1 N–H and O–H groups in total. The van der Waals surface area contributed by atoms with Gasteiger partial charge in [0.25, 0.3) is 0 Å². The second-order valence-electron chi connectivity index (χ2n) is 14.0. The summed E-state index contributed by atoms with van der Waals surface area (Å²) in [7, 11) is 0. The first-order valence-corrected chi connectivity index (χ1v) is 19.2. The predicted molar refractivity (Wildman–Crippen MR) is 234 cm³/mol. The van der Waals surface area contributed by atoms with Crippen LogP contribution in [-0.2, 0) is 0 Å². The van der Waals surface area contributed by atoms with Crippen LogP contribution in [0.15, 0.2) is 175 Å². The van der Waals surface area contributed by atoms with Crippen LogP contribution in [0.25, 0.3) is 62.5 Å². The topological polar surface area (TPSA) is 63.1 Å². The number of hydrogen-bond donors (Lipinski definition) is 1. The number of nitrogens with one attached hydrogen (secondary N) is 1. The first-order chi connectivity index (χ1) is 27.5. The predicted octanol–water partition coefficient (Wildman–Crippen LogP) is 12.4. The number of benzene rings is 6. The normalized spacial score (nSPS) is 12.9. The van der Waals surface area contributed by atoms with Crippen LogP contribution >= 0.6 is 0 Å². The highest BCUT2D eigenvalue weighted by molar-refractivity contribution is 6.05. The Morgan fingerprint density at radius 2 is 1.23 bits per heavy atom. The number of para-hydroxylation sites is 1. The van der Waals surface area contributed by atoms with E-state index < -0.39 is 0 Å². The van der Waals surface area contributed by atoms with Gasteiger partial charge < -0.3 is 5.32 Å². The van der Waals surface area contributed by atoms with Crippen LogP contribution in [0.2, 0.25) is 0 Å². The van der Waals surface area contributed by atoms with E-state index in [-0.39, 0.29) is 0 Å². The largest absolute Gasteiger partial charge is 0.387 e. The molecule has 0 fully saturated rings. The molecule has 56 heavy (non-hydrogen) atoms. The lowest BCUT2D eigenvalue weighted by atomic mass is 9.92. The average molecular weight is 726 g/mol. The van der Waals surface area contributed by atoms with E-state index in [4.69, 9.17) is 19.9 Å². The third-order valence-corrected chi connectivity index (χ3v) is 10.1. The van der Waals surface area contributed by atoms with Gasteiger partial charge in [-0.1, -0.05) is 140 Å². The van der Waals surface area contributed by atoms with Crippen molar-refractivity contribution >= 4 is 28.6 Å². The van der Waals surface area contributed by atoms with Crippen molar-refractivity contribution in [1.29, 1.82) is 0 Å². The fourth-order valence-electron chi connectivity index (χ4n) is 7.02. The van der Waals surface area contributed by atoms with Crippen molar-refractivity contribution in [2.45, 2.75) is 27.2 Å². The molecule has 1 aliphatic rings. The molecule has 8 rings (SSSR count). The number of nitrogens with zero attached hydrogens (tertiary/aromatic N) is 4. The summed E-state index contributed by atoms with van der Waals surface area (Å²) >= 11 is 0. The van der Waals surface area contributed by atoms with E-state index in [0.717, 1.165) is 74.4 Å². The summed E-state index contributed by atoms with van der Waals surface area (Å²) in [6.45, 7) is 7.21. The summed E-state index contributed by atoms with van der Waals surface area (Å²) in [4.78, 5) is 20.2. The van der Waals surface area contributed by atoms with Crippen LogP contribution in [-0.4, -0.2) is 27.2 Å². The Kier molecular flexibility index (Phi) is 10.7. The van der Waals surface area contributed by atoms with Crippen LogP contribution in [0.1, 0.15) is 48.1 Å². The summed E-state index contributed by atoms with van der Waals surface area (Å²) in [6, 6.07) is 52.6. The van der Waals surface area contributed by atoms with Crippen molar-refractivity contribution in [3.8, 4) is 45.3 Å². The van der Waals surface area contributed by atoms with Gasteiger partial charge in [-0.3, -0.25) is 4.99 Å². The van der Waals surface area contributed by atoms with Gasteiger partial charge in [0.05, 0.1) is 5.69 Å². The van der Waals surface area contributed by atoms with Gasteiger partial charge in [0.2, 0.25) is 0 Å². The molecule has 0 saturated heterocycles. The smallest absolute Gasteiger partial charge is 0.164 e. The maximum atomic E-state index is 5.13. The van der Waals surface area contributed by atoms with Gasteiger partial charge in [0, 0.05) is 34.5 Å². The molecule has 0 atom stereocenters. The Labute approximate surface area is 329 Å². The van der Waals surface area contributed by atoms with E-state index in [1.165, 1.54) is 16.7 Å². The van der Waals surface area contributed by atoms with E-state index in [2.05, 4.69) is 135 Å². The minimum atomic E-state index is 0.628. The van der Waals surface area contributed by atoms with Gasteiger partial charge in [0.1, 0.15) is 0 Å². The van der Waals surface area contributed by atoms with Crippen LogP contribution < -0.4 is 5.32 Å². The van der Waals surface area contributed by atoms with E-state index in [0.29, 0.717) is 17.5 Å². The fraction of sp³-hybridized carbons (Fsp3) is 0.0980. The van der Waals surface area contributed by atoms with Gasteiger partial charge in [-0.15, -0.1) is 0 Å². The first kappa shape index (κ1) is 36.0. The number of allylic oxidation sites excluding steroid dienone is 3. The summed E-state index contributed by atoms with van der Waals surface area (Å²) in [5, 5.41) is 3.39. The number of dihydropyridines is 1. The molecule has 0 radical (unpaired) electrons. The minimum Gasteiger partial charge on any atom is -0.387 e. The molecular weight excluding hydrogens is 683 g/mol. The molecule has 5 heteroatoms. The van der Waals surface area contributed by atoms with Crippen molar-refractivity contribution in [3.05, 3.63) is 198 Å². The summed E-state index contributed by atoms with van der Waals surface area (Å²) in [5.41, 5.74) is 15.2. The van der Waals surface area contributed by atoms with Crippen molar-refractivity contribution in [2.75, 3.05) is 6.54 Å². The van der Waals surface area contributed by atoms with Crippen molar-refractivity contribution < 1.29 is 0 Å². The standard InChI is InChI=1S/C51H43N5/c1-4-47(53-48-27-14-11-17-35(48)2)46-26-13-12-22-41(46)29-36(3)39-23-15-24-40(30-39)43-31-44(42-25-16-28-52-34-42)33-45(32-43)51-55-49(37-18-7-5-8-19-37)54-50(56-51)38-20-9-6-10-21-38/h5-33,52H,4,34H2,1-3H3. The summed E-state index contributed by atoms with van der Waals surface area (Å²) in [6.07, 6.45) is 9.32. The molecule has 7 aromatic rings. The molecule has 6 aromatic carbocycles. The highest BCUT2D eigenvalue weighted by atomic mass is 15.0. The van der Waals surface area contributed by atoms with Crippen LogP contribution in [0, 0.1) is 6.92 Å². The molecule has 0 amide bonds. The summed E-state index contributed by atoms with van der Waals surface area (Å²) < 4.78 is 0. The number of rotatable bonds is 10. The van der Waals surface area contributed by atoms with Gasteiger partial charge in [-0.05, 0) is 107 Å². The van der Waals surface area contributed by atoms with E-state index in [1.807, 2.05) is 66.9 Å². The summed E-state index contributed by atoms with van der Waals surface area (Å²) in [5.74, 6) is 1.91. The average Bonchev–Trinajstić information content (AvgIpc) is 3.27. The third kappa shape index (κ3) is 8.08. The maximum Gasteiger partial charge on any atom is 0.164 e. The molecular formula is C51H43N5. The highest BCUT2D eigenvalue weighted by Gasteiger charge is 2.16. The number of aliphatic imine (C=N–C) groups is 1. The van der Waals surface area contributed by atoms with E-state index in [9.17, 15) is 0 Å². The lowest BCUT2D eigenvalue weighted by molar-refractivity contribution is 0.986. The van der Waals surface area contributed by atoms with Gasteiger partial charge in [-0.25, -0.2) is 15.0 Å². The second kappa shape index (κ2) is 16.6. The van der Waals surface area contributed by atoms with Gasteiger partial charge in [-0.2, -0.15) is 0 Å². The van der Waals surface area contributed by atoms with E-state index >= 15 is 0 Å². The monoisotopic (exact) mass is 725 g/mol. The molecule has 0 spiro atoms. The van der Waals surface area contributed by atoms with Gasteiger partial charge in [0.15, 0.2) is 17.5 Å². The lowest BCUT2D eigenvalue weighted by Crippen LogP contribution is -2.12. The van der Waals surface area contributed by atoms with Crippen LogP contribution in [0.4, 0.5) is 5.69 Å². The molecule has 272 valence electrons. The van der Waals surface area contributed by atoms with Crippen molar-refractivity contribution in [3.63, 3.8) is 0 Å². The zero-order valence-corrected chi connectivity index (χ0v) is 31.9.